The van der Waals surface area contributed by atoms with Crippen molar-refractivity contribution < 1.29 is 28.2 Å². The lowest BCUT2D eigenvalue weighted by Gasteiger charge is -2.33. The van der Waals surface area contributed by atoms with E-state index in [4.69, 9.17) is 4.74 Å². The van der Waals surface area contributed by atoms with E-state index in [0.717, 1.165) is 38.1 Å². The highest BCUT2D eigenvalue weighted by molar-refractivity contribution is 5.94. The summed E-state index contributed by atoms with van der Waals surface area (Å²) >= 11 is 0. The lowest BCUT2D eigenvalue weighted by atomic mass is 10.0. The van der Waals surface area contributed by atoms with Crippen LogP contribution in [0.25, 0.3) is 0 Å². The Hall–Kier alpha value is -2.10. The van der Waals surface area contributed by atoms with Gasteiger partial charge in [0.25, 0.3) is 5.91 Å². The second kappa shape index (κ2) is 11.0. The van der Waals surface area contributed by atoms with Crippen LogP contribution in [0.15, 0.2) is 18.2 Å². The van der Waals surface area contributed by atoms with Gasteiger partial charge in [0.2, 0.25) is 5.91 Å². The highest BCUT2D eigenvalue weighted by atomic mass is 19.1. The number of piperidine rings is 1. The molecule has 1 fully saturated rings. The number of amides is 2. The second-order valence-electron chi connectivity index (χ2n) is 6.88. The number of methoxy groups -OCH3 is 1. The van der Waals surface area contributed by atoms with Crippen molar-refractivity contribution in [2.24, 2.45) is 0 Å². The molecule has 1 saturated heterocycles. The molecule has 3 N–H and O–H groups in total. The van der Waals surface area contributed by atoms with Crippen molar-refractivity contribution in [3.8, 4) is 0 Å². The number of ether oxygens (including phenoxy) is 1. The lowest BCUT2D eigenvalue weighted by molar-refractivity contribution is -0.122. The number of carbonyl (C=O) groups is 2. The number of nitrogens with one attached hydrogen (secondary N) is 2. The van der Waals surface area contributed by atoms with Crippen LogP contribution in [0.3, 0.4) is 0 Å². The fourth-order valence-corrected chi connectivity index (χ4v) is 3.16. The molecular formula is C19H27F2N3O4. The maximum Gasteiger partial charge on any atom is 0.254 e. The normalized spacial score (nSPS) is 16.6. The molecule has 1 aromatic carbocycles. The van der Waals surface area contributed by atoms with Crippen LogP contribution < -0.4 is 10.6 Å². The van der Waals surface area contributed by atoms with Crippen molar-refractivity contribution in [1.82, 2.24) is 15.5 Å². The molecule has 2 amide bonds. The number of benzene rings is 1. The molecule has 1 heterocycles. The van der Waals surface area contributed by atoms with Crippen molar-refractivity contribution in [1.29, 1.82) is 0 Å². The molecule has 1 unspecified atom stereocenters. The Balaban J connectivity index is 1.64. The number of halogens is 2. The van der Waals surface area contributed by atoms with Gasteiger partial charge in [-0.15, -0.1) is 0 Å². The number of β-amino-alcohol motifs (C(OH)–C–C–N with tert-alkyl or cyclic N) is 1. The second-order valence-corrected chi connectivity index (χ2v) is 6.88. The number of hydrogen-bond donors (Lipinski definition) is 3. The summed E-state index contributed by atoms with van der Waals surface area (Å²) in [6.07, 6.45) is 1.10. The Kier molecular flexibility index (Phi) is 8.75. The van der Waals surface area contributed by atoms with E-state index in [-0.39, 0.29) is 30.5 Å². The predicted molar refractivity (Wildman–Crippen MR) is 98.8 cm³/mol. The van der Waals surface area contributed by atoms with E-state index in [1.807, 2.05) is 0 Å². The number of aliphatic hydroxyl groups excluding tert-OH is 1. The van der Waals surface area contributed by atoms with Crippen LogP contribution in [0.2, 0.25) is 0 Å². The van der Waals surface area contributed by atoms with Crippen LogP contribution in [-0.2, 0) is 9.53 Å². The number of nitrogens with zero attached hydrogens (tertiary/aromatic N) is 1. The Morgan fingerprint density at radius 1 is 1.32 bits per heavy atom. The summed E-state index contributed by atoms with van der Waals surface area (Å²) in [7, 11) is 1.55. The monoisotopic (exact) mass is 399 g/mol. The fraction of sp³-hybridized carbons (Fsp3) is 0.579. The molecule has 9 heteroatoms. The van der Waals surface area contributed by atoms with Gasteiger partial charge < -0.3 is 25.4 Å². The molecule has 0 radical (unpaired) electrons. The molecule has 156 valence electrons. The SMILES string of the molecule is COCC(O)CN1CCC(NC(=O)CCNC(=O)c2ccc(F)cc2F)CC1. The summed E-state index contributed by atoms with van der Waals surface area (Å²) < 4.78 is 31.3. The topological polar surface area (TPSA) is 90.9 Å². The van der Waals surface area contributed by atoms with Crippen molar-refractivity contribution >= 4 is 11.8 Å². The summed E-state index contributed by atoms with van der Waals surface area (Å²) in [6.45, 7) is 2.44. The molecule has 0 bridgehead atoms. The van der Waals surface area contributed by atoms with E-state index < -0.39 is 23.6 Å². The number of carbonyl (C=O) groups excluding carboxylic acids is 2. The molecule has 0 aliphatic carbocycles. The smallest absolute Gasteiger partial charge is 0.254 e. The predicted octanol–water partition coefficient (Wildman–Crippen LogP) is 0.673. The average molecular weight is 399 g/mol. The van der Waals surface area contributed by atoms with E-state index in [1.54, 1.807) is 7.11 Å². The van der Waals surface area contributed by atoms with Gasteiger partial charge in [0, 0.05) is 51.8 Å². The number of rotatable bonds is 9. The van der Waals surface area contributed by atoms with E-state index in [0.29, 0.717) is 19.2 Å². The Labute approximate surface area is 163 Å². The third kappa shape index (κ3) is 7.14. The molecule has 1 aromatic rings. The highest BCUT2D eigenvalue weighted by Crippen LogP contribution is 2.11. The number of hydrogen-bond acceptors (Lipinski definition) is 5. The maximum absolute atomic E-state index is 13.5. The minimum Gasteiger partial charge on any atom is -0.389 e. The summed E-state index contributed by atoms with van der Waals surface area (Å²) in [4.78, 5) is 26.0. The van der Waals surface area contributed by atoms with Gasteiger partial charge in [-0.2, -0.15) is 0 Å². The van der Waals surface area contributed by atoms with Crippen LogP contribution in [0.1, 0.15) is 29.6 Å². The standard InChI is InChI=1S/C19H27F2N3O4/c1-28-12-15(25)11-24-8-5-14(6-9-24)23-18(26)4-7-22-19(27)16-3-2-13(20)10-17(16)21/h2-3,10,14-15,25H,4-9,11-12H2,1H3,(H,22,27)(H,23,26). The Bertz CT molecular complexity index is 667. The van der Waals surface area contributed by atoms with Gasteiger partial charge in [0.05, 0.1) is 18.3 Å². The van der Waals surface area contributed by atoms with Crippen molar-refractivity contribution in [3.05, 3.63) is 35.4 Å². The van der Waals surface area contributed by atoms with E-state index >= 15 is 0 Å². The molecule has 0 spiro atoms. The molecule has 1 atom stereocenters. The summed E-state index contributed by atoms with van der Waals surface area (Å²) in [6, 6.07) is 2.76. The van der Waals surface area contributed by atoms with Gasteiger partial charge in [0.1, 0.15) is 11.6 Å². The maximum atomic E-state index is 13.5. The zero-order valence-electron chi connectivity index (χ0n) is 15.9. The summed E-state index contributed by atoms with van der Waals surface area (Å²) in [5.41, 5.74) is -0.259. The molecule has 2 rings (SSSR count). The first-order valence-corrected chi connectivity index (χ1v) is 9.31. The molecule has 1 aliphatic rings. The minimum atomic E-state index is -0.940. The first-order chi connectivity index (χ1) is 13.4. The molecule has 28 heavy (non-hydrogen) atoms. The lowest BCUT2D eigenvalue weighted by Crippen LogP contribution is -2.47. The van der Waals surface area contributed by atoms with Crippen LogP contribution in [0.5, 0.6) is 0 Å². The summed E-state index contributed by atoms with van der Waals surface area (Å²) in [5.74, 6) is -2.58. The quantitative estimate of drug-likeness (QED) is 0.568. The van der Waals surface area contributed by atoms with Gasteiger partial charge in [0.15, 0.2) is 0 Å². The third-order valence-corrected chi connectivity index (χ3v) is 4.59. The van der Waals surface area contributed by atoms with E-state index in [2.05, 4.69) is 15.5 Å². The minimum absolute atomic E-state index is 0.0496. The van der Waals surface area contributed by atoms with Gasteiger partial charge in [-0.05, 0) is 25.0 Å². The van der Waals surface area contributed by atoms with Crippen molar-refractivity contribution in [2.75, 3.05) is 39.9 Å². The van der Waals surface area contributed by atoms with Gasteiger partial charge in [-0.25, -0.2) is 8.78 Å². The number of aliphatic hydroxyl groups is 1. The van der Waals surface area contributed by atoms with Crippen molar-refractivity contribution in [3.63, 3.8) is 0 Å². The first-order valence-electron chi connectivity index (χ1n) is 9.31. The average Bonchev–Trinajstić information content (AvgIpc) is 2.63. The largest absolute Gasteiger partial charge is 0.389 e. The highest BCUT2D eigenvalue weighted by Gasteiger charge is 2.22. The first kappa shape index (κ1) is 22.2. The van der Waals surface area contributed by atoms with Gasteiger partial charge in [-0.3, -0.25) is 9.59 Å². The third-order valence-electron chi connectivity index (χ3n) is 4.59. The fourth-order valence-electron chi connectivity index (χ4n) is 3.16. The molecule has 0 aromatic heterocycles. The van der Waals surface area contributed by atoms with Gasteiger partial charge >= 0.3 is 0 Å². The zero-order valence-corrected chi connectivity index (χ0v) is 15.9. The van der Waals surface area contributed by atoms with Crippen LogP contribution in [0, 0.1) is 11.6 Å². The Morgan fingerprint density at radius 3 is 2.68 bits per heavy atom. The van der Waals surface area contributed by atoms with Crippen molar-refractivity contribution in [2.45, 2.75) is 31.4 Å². The van der Waals surface area contributed by atoms with Crippen LogP contribution in [0.4, 0.5) is 8.78 Å². The number of likely N-dealkylation sites (tertiary alicyclic amines) is 1. The van der Waals surface area contributed by atoms with E-state index in [9.17, 15) is 23.5 Å². The zero-order chi connectivity index (χ0) is 20.5. The molecule has 7 nitrogen and oxygen atoms in total. The van der Waals surface area contributed by atoms with Crippen LogP contribution >= 0.6 is 0 Å². The van der Waals surface area contributed by atoms with Crippen LogP contribution in [-0.4, -0.2) is 73.9 Å². The van der Waals surface area contributed by atoms with Gasteiger partial charge in [-0.1, -0.05) is 0 Å². The van der Waals surface area contributed by atoms with E-state index in [1.165, 1.54) is 0 Å². The Morgan fingerprint density at radius 2 is 2.04 bits per heavy atom. The summed E-state index contributed by atoms with van der Waals surface area (Å²) in [5, 5.41) is 15.1. The molecular weight excluding hydrogens is 372 g/mol. The molecule has 0 saturated carbocycles. The molecule has 1 aliphatic heterocycles.